The van der Waals surface area contributed by atoms with Gasteiger partial charge < -0.3 is 9.34 Å². The molecule has 3 aromatic rings. The Labute approximate surface area is 166 Å². The highest BCUT2D eigenvalue weighted by molar-refractivity contribution is 7.68. The van der Waals surface area contributed by atoms with Crippen LogP contribution in [-0.2, 0) is 4.57 Å². The summed E-state index contributed by atoms with van der Waals surface area (Å²) in [6.07, 6.45) is 0.202. The first-order valence-corrected chi connectivity index (χ1v) is 11.1. The monoisotopic (exact) mass is 387 g/mol. The maximum Gasteiger partial charge on any atom is 0.271 e. The molecule has 0 amide bonds. The summed E-state index contributed by atoms with van der Waals surface area (Å²) in [7, 11) is -3.14. The summed E-state index contributed by atoms with van der Waals surface area (Å²) < 4.78 is 18.9. The van der Waals surface area contributed by atoms with Crippen molar-refractivity contribution in [1.29, 1.82) is 5.26 Å². The Hall–Kier alpha value is -3.02. The van der Waals surface area contributed by atoms with Gasteiger partial charge in [-0.1, -0.05) is 66.7 Å². The van der Waals surface area contributed by atoms with Gasteiger partial charge in [0.2, 0.25) is 0 Å². The van der Waals surface area contributed by atoms with E-state index in [4.69, 9.17) is 0 Å². The number of nitrogens with zero attached hydrogens (tertiary/aromatic N) is 3. The average Bonchev–Trinajstić information content (AvgIpc) is 3.11. The van der Waals surface area contributed by atoms with E-state index in [1.165, 1.54) is 0 Å². The summed E-state index contributed by atoms with van der Waals surface area (Å²) >= 11 is 0. The highest BCUT2D eigenvalue weighted by Crippen LogP contribution is 2.69. The standard InChI is InChI=1S/C23H22N3OP/c24-17-16-23(20-10-4-1-5-11-20)28(27)25(21-12-6-2-7-13-21)18-19-26(28)22-14-8-3-9-15-22/h1-15,23H,16,18-19H2. The summed E-state index contributed by atoms with van der Waals surface area (Å²) in [6.45, 7) is 1.32. The zero-order valence-corrected chi connectivity index (χ0v) is 16.5. The van der Waals surface area contributed by atoms with E-state index in [0.29, 0.717) is 13.1 Å². The maximum atomic E-state index is 14.9. The van der Waals surface area contributed by atoms with Crippen LogP contribution in [0, 0.1) is 11.3 Å². The van der Waals surface area contributed by atoms with Gasteiger partial charge in [0.1, 0.15) is 0 Å². The average molecular weight is 387 g/mol. The van der Waals surface area contributed by atoms with Crippen molar-refractivity contribution in [3.05, 3.63) is 96.6 Å². The van der Waals surface area contributed by atoms with E-state index in [-0.39, 0.29) is 12.1 Å². The van der Waals surface area contributed by atoms with Gasteiger partial charge in [0.05, 0.1) is 18.1 Å². The van der Waals surface area contributed by atoms with Gasteiger partial charge in [-0.2, -0.15) is 5.26 Å². The minimum absolute atomic E-state index is 0.202. The van der Waals surface area contributed by atoms with Crippen LogP contribution in [0.15, 0.2) is 91.0 Å². The minimum Gasteiger partial charge on any atom is -0.304 e. The summed E-state index contributed by atoms with van der Waals surface area (Å²) in [4.78, 5) is 0. The lowest BCUT2D eigenvalue weighted by Crippen LogP contribution is -2.23. The molecule has 140 valence electrons. The Morgan fingerprint density at radius 2 is 1.21 bits per heavy atom. The molecule has 1 unspecified atom stereocenters. The second-order valence-corrected chi connectivity index (χ2v) is 9.56. The van der Waals surface area contributed by atoms with E-state index in [1.54, 1.807) is 0 Å². The fraction of sp³-hybridized carbons (Fsp3) is 0.174. The molecule has 0 radical (unpaired) electrons. The van der Waals surface area contributed by atoms with E-state index in [0.717, 1.165) is 16.9 Å². The number of para-hydroxylation sites is 2. The van der Waals surface area contributed by atoms with Crippen LogP contribution in [0.2, 0.25) is 0 Å². The number of nitriles is 1. The third kappa shape index (κ3) is 3.19. The summed E-state index contributed by atoms with van der Waals surface area (Å²) in [5, 5.41) is 9.58. The maximum absolute atomic E-state index is 14.9. The molecule has 1 fully saturated rings. The SMILES string of the molecule is N#CCC(c1ccccc1)P1(=O)N(c2ccccc2)CCN1c1ccccc1. The first kappa shape index (κ1) is 18.3. The molecule has 0 aromatic heterocycles. The summed E-state index contributed by atoms with van der Waals surface area (Å²) in [6, 6.07) is 31.8. The second-order valence-electron chi connectivity index (χ2n) is 6.80. The van der Waals surface area contributed by atoms with Gasteiger partial charge >= 0.3 is 0 Å². The lowest BCUT2D eigenvalue weighted by molar-refractivity contribution is 0.565. The Morgan fingerprint density at radius 3 is 1.64 bits per heavy atom. The first-order chi connectivity index (χ1) is 13.7. The molecule has 1 heterocycles. The van der Waals surface area contributed by atoms with Crippen LogP contribution in [0.5, 0.6) is 0 Å². The van der Waals surface area contributed by atoms with Crippen molar-refractivity contribution in [2.75, 3.05) is 22.4 Å². The van der Waals surface area contributed by atoms with Crippen LogP contribution in [0.3, 0.4) is 0 Å². The Bertz CT molecular complexity index is 951. The molecule has 1 aliphatic heterocycles. The zero-order valence-electron chi connectivity index (χ0n) is 15.6. The molecule has 4 rings (SSSR count). The van der Waals surface area contributed by atoms with Gasteiger partial charge in [-0.05, 0) is 29.8 Å². The molecule has 1 aliphatic rings. The molecule has 0 N–H and O–H groups in total. The van der Waals surface area contributed by atoms with Gasteiger partial charge in [-0.25, -0.2) is 0 Å². The summed E-state index contributed by atoms with van der Waals surface area (Å²) in [5.74, 6) is 0. The zero-order chi connectivity index (χ0) is 19.4. The van der Waals surface area contributed by atoms with Crippen LogP contribution >= 0.6 is 7.44 Å². The molecule has 1 atom stereocenters. The van der Waals surface area contributed by atoms with Crippen molar-refractivity contribution in [1.82, 2.24) is 0 Å². The molecule has 5 heteroatoms. The Balaban J connectivity index is 1.88. The molecule has 0 aliphatic carbocycles. The van der Waals surface area contributed by atoms with E-state index < -0.39 is 7.44 Å². The quantitative estimate of drug-likeness (QED) is 0.514. The molecule has 28 heavy (non-hydrogen) atoms. The third-order valence-electron chi connectivity index (χ3n) is 5.20. The minimum atomic E-state index is -3.14. The van der Waals surface area contributed by atoms with Gasteiger partial charge in [-0.15, -0.1) is 0 Å². The first-order valence-electron chi connectivity index (χ1n) is 9.43. The van der Waals surface area contributed by atoms with Gasteiger partial charge in [0.25, 0.3) is 7.44 Å². The van der Waals surface area contributed by atoms with Crippen LogP contribution < -0.4 is 9.34 Å². The van der Waals surface area contributed by atoms with E-state index in [9.17, 15) is 9.83 Å². The highest BCUT2D eigenvalue weighted by Gasteiger charge is 2.49. The molecule has 1 saturated heterocycles. The number of rotatable bonds is 5. The highest BCUT2D eigenvalue weighted by atomic mass is 31.2. The fourth-order valence-corrected chi connectivity index (χ4v) is 7.42. The van der Waals surface area contributed by atoms with Crippen molar-refractivity contribution in [2.24, 2.45) is 0 Å². The predicted molar refractivity (Wildman–Crippen MR) is 115 cm³/mol. The Morgan fingerprint density at radius 1 is 0.786 bits per heavy atom. The largest absolute Gasteiger partial charge is 0.304 e. The van der Waals surface area contributed by atoms with Gasteiger partial charge in [0, 0.05) is 24.5 Å². The van der Waals surface area contributed by atoms with Gasteiger partial charge in [-0.3, -0.25) is 4.57 Å². The van der Waals surface area contributed by atoms with Crippen molar-refractivity contribution < 1.29 is 4.57 Å². The lowest BCUT2D eigenvalue weighted by Gasteiger charge is -2.37. The molecule has 0 spiro atoms. The number of anilines is 2. The fourth-order valence-electron chi connectivity index (χ4n) is 3.92. The van der Waals surface area contributed by atoms with Crippen molar-refractivity contribution in [3.8, 4) is 6.07 Å². The Kier molecular flexibility index (Phi) is 5.19. The van der Waals surface area contributed by atoms with Crippen LogP contribution in [0.4, 0.5) is 11.4 Å². The molecular formula is C23H22N3OP. The van der Waals surface area contributed by atoms with Crippen LogP contribution in [0.25, 0.3) is 0 Å². The van der Waals surface area contributed by atoms with E-state index >= 15 is 0 Å². The normalized spacial score (nSPS) is 16.5. The lowest BCUT2D eigenvalue weighted by atomic mass is 10.1. The molecule has 4 nitrogen and oxygen atoms in total. The number of hydrogen-bond donors (Lipinski definition) is 0. The van der Waals surface area contributed by atoms with Crippen molar-refractivity contribution in [2.45, 2.75) is 12.1 Å². The number of benzene rings is 3. The third-order valence-corrected chi connectivity index (χ3v) is 8.74. The van der Waals surface area contributed by atoms with Crippen LogP contribution in [-0.4, -0.2) is 13.1 Å². The van der Waals surface area contributed by atoms with E-state index in [1.807, 2.05) is 100 Å². The number of hydrogen-bond acceptors (Lipinski definition) is 2. The summed E-state index contributed by atoms with van der Waals surface area (Å²) in [5.41, 5.74) is 2.42. The molecule has 0 saturated carbocycles. The predicted octanol–water partition coefficient (Wildman–Crippen LogP) is 5.86. The topological polar surface area (TPSA) is 47.3 Å². The smallest absolute Gasteiger partial charge is 0.271 e. The molecular weight excluding hydrogens is 365 g/mol. The van der Waals surface area contributed by atoms with Gasteiger partial charge in [0.15, 0.2) is 0 Å². The second kappa shape index (κ2) is 7.92. The molecule has 3 aromatic carbocycles. The van der Waals surface area contributed by atoms with Crippen molar-refractivity contribution in [3.63, 3.8) is 0 Å². The van der Waals surface area contributed by atoms with E-state index in [2.05, 4.69) is 6.07 Å². The van der Waals surface area contributed by atoms with Crippen molar-refractivity contribution >= 4 is 18.8 Å². The van der Waals surface area contributed by atoms with Crippen LogP contribution in [0.1, 0.15) is 17.6 Å². The molecule has 0 bridgehead atoms.